The van der Waals surface area contributed by atoms with Crippen molar-refractivity contribution < 1.29 is 38.1 Å². The number of methoxy groups -OCH3 is 2. The Kier molecular flexibility index (Phi) is 11.2. The van der Waals surface area contributed by atoms with E-state index in [2.05, 4.69) is 30.2 Å². The summed E-state index contributed by atoms with van der Waals surface area (Å²) in [7, 11) is 5.28. The molecule has 0 bridgehead atoms. The largest absolute Gasteiger partial charge is 0.497 e. The van der Waals surface area contributed by atoms with Gasteiger partial charge in [-0.2, -0.15) is 0 Å². The van der Waals surface area contributed by atoms with E-state index in [9.17, 15) is 19.2 Å². The zero-order chi connectivity index (χ0) is 51.4. The van der Waals surface area contributed by atoms with E-state index in [0.29, 0.717) is 50.7 Å². The predicted molar refractivity (Wildman–Crippen MR) is 270 cm³/mol. The van der Waals surface area contributed by atoms with Gasteiger partial charge in [0.05, 0.1) is 59.2 Å². The zero-order valence-corrected chi connectivity index (χ0v) is 42.7. The Hall–Kier alpha value is -7.76. The first kappa shape index (κ1) is 47.6. The Morgan fingerprint density at radius 3 is 1.67 bits per heavy atom. The Morgan fingerprint density at radius 1 is 0.644 bits per heavy atom. The summed E-state index contributed by atoms with van der Waals surface area (Å²) in [5.74, 6) is 2.55. The van der Waals surface area contributed by atoms with E-state index in [-0.39, 0.29) is 24.0 Å². The van der Waals surface area contributed by atoms with Gasteiger partial charge in [0.2, 0.25) is 0 Å². The lowest BCUT2D eigenvalue weighted by Crippen LogP contribution is -2.74. The highest BCUT2D eigenvalue weighted by atomic mass is 16.6. The molecular formula is C55H60N10O8. The van der Waals surface area contributed by atoms with Crippen molar-refractivity contribution in [2.75, 3.05) is 40.4 Å². The summed E-state index contributed by atoms with van der Waals surface area (Å²) in [6.07, 6.45) is 7.43. The number of carbonyl (C=O) groups is 4. The minimum atomic E-state index is -0.557. The van der Waals surface area contributed by atoms with Crippen molar-refractivity contribution in [2.45, 2.75) is 102 Å². The van der Waals surface area contributed by atoms with Crippen molar-refractivity contribution in [2.24, 2.45) is 7.05 Å². The van der Waals surface area contributed by atoms with Crippen LogP contribution in [-0.4, -0.2) is 126 Å². The summed E-state index contributed by atoms with van der Waals surface area (Å²) in [5, 5.41) is 6.41. The van der Waals surface area contributed by atoms with Gasteiger partial charge in [0.15, 0.2) is 11.6 Å². The summed E-state index contributed by atoms with van der Waals surface area (Å²) in [4.78, 5) is 77.6. The molecule has 2 spiro atoms. The number of carbonyl (C=O) groups excluding carboxylic acids is 4. The molecule has 12 rings (SSSR count). The Morgan fingerprint density at radius 2 is 1.14 bits per heavy atom. The highest BCUT2D eigenvalue weighted by molar-refractivity contribution is 6.02. The van der Waals surface area contributed by atoms with Gasteiger partial charge in [-0.15, -0.1) is 0 Å². The van der Waals surface area contributed by atoms with Crippen LogP contribution >= 0.6 is 0 Å². The standard InChI is InChI=1S/C28H31N5O4.C27H29N5O4/c1-27(2,3)37-26(35)33-14-28(15-33)12-20-21(25(34)31-28)19-10-9-17-13-29-24(30-22(17)23(19)32(20)4)16-7-6-8-18(11-16)36-5;1-26(2,3)36-25(34)32-13-27(14-32)11-19-20(24(33)31-27)18-9-8-16-12-28-23(30-21(16)22(18)29-19)15-6-5-7-17(10-15)35-4/h6-8,11,13H,9-10,12,14-15H2,1-5H3,(H,31,34);5-7,10,12,29H,8-9,11,13-14H2,1-4H3,(H,31,33). The van der Waals surface area contributed by atoms with Crippen LogP contribution in [-0.2, 0) is 55.0 Å². The second kappa shape index (κ2) is 17.2. The lowest BCUT2D eigenvalue weighted by molar-refractivity contribution is -0.0172. The summed E-state index contributed by atoms with van der Waals surface area (Å²) >= 11 is 0. The molecule has 2 saturated heterocycles. The summed E-state index contributed by atoms with van der Waals surface area (Å²) in [6, 6.07) is 15.4. The number of ether oxygens (including phenoxy) is 4. The van der Waals surface area contributed by atoms with E-state index in [1.165, 1.54) is 0 Å². The highest BCUT2D eigenvalue weighted by Crippen LogP contribution is 2.44. The molecule has 73 heavy (non-hydrogen) atoms. The molecule has 0 atom stereocenters. The fourth-order valence-corrected chi connectivity index (χ4v) is 11.2. The van der Waals surface area contributed by atoms with E-state index in [1.807, 2.05) is 110 Å². The molecule has 378 valence electrons. The van der Waals surface area contributed by atoms with Gasteiger partial charge < -0.3 is 48.9 Å². The maximum absolute atomic E-state index is 13.4. The number of hydrogen-bond acceptors (Lipinski definition) is 12. The molecule has 2 aromatic carbocycles. The van der Waals surface area contributed by atoms with E-state index < -0.39 is 22.3 Å². The number of rotatable bonds is 4. The number of aromatic amines is 1. The van der Waals surface area contributed by atoms with Crippen LogP contribution in [0.4, 0.5) is 9.59 Å². The summed E-state index contributed by atoms with van der Waals surface area (Å²) < 4.78 is 23.9. The Balaban J connectivity index is 0.000000157. The molecule has 18 nitrogen and oxygen atoms in total. The van der Waals surface area contributed by atoms with Crippen LogP contribution in [0, 0.1) is 0 Å². The summed E-state index contributed by atoms with van der Waals surface area (Å²) in [5.41, 5.74) is 10.8. The molecule has 6 aromatic rings. The number of hydrogen-bond donors (Lipinski definition) is 3. The van der Waals surface area contributed by atoms with Crippen LogP contribution in [0.25, 0.3) is 45.6 Å². The van der Waals surface area contributed by atoms with Crippen molar-refractivity contribution in [3.8, 4) is 57.1 Å². The normalized spacial score (nSPS) is 17.4. The molecule has 2 fully saturated rings. The minimum Gasteiger partial charge on any atom is -0.497 e. The van der Waals surface area contributed by atoms with E-state index in [1.54, 1.807) is 24.0 Å². The van der Waals surface area contributed by atoms with Crippen molar-refractivity contribution in [1.29, 1.82) is 0 Å². The van der Waals surface area contributed by atoms with Gasteiger partial charge in [0.25, 0.3) is 11.8 Å². The first-order valence-corrected chi connectivity index (χ1v) is 24.8. The monoisotopic (exact) mass is 988 g/mol. The van der Waals surface area contributed by atoms with Crippen LogP contribution in [0.1, 0.15) is 95.9 Å². The van der Waals surface area contributed by atoms with Crippen LogP contribution in [0.2, 0.25) is 0 Å². The van der Waals surface area contributed by atoms with E-state index in [4.69, 9.17) is 28.9 Å². The SMILES string of the molecule is COc1cccc(-c2ncc3c(n2)-c2[nH]c4c(c2CC3)C(=O)NC2(C4)CN(C(=O)OC(C)(C)C)C2)c1.COc1cccc(-c2ncc3c(n2)-c2c(c4c(n2C)CC2(CN(C(=O)OC(C)(C)C)C2)NC4=O)CC3)c1. The van der Waals surface area contributed by atoms with Gasteiger partial charge in [0, 0.05) is 81.0 Å². The van der Waals surface area contributed by atoms with Crippen LogP contribution < -0.4 is 20.1 Å². The average molecular weight is 989 g/mol. The van der Waals surface area contributed by atoms with Gasteiger partial charge in [-0.3, -0.25) is 9.59 Å². The molecule has 0 saturated carbocycles. The average Bonchev–Trinajstić information content (AvgIpc) is 3.86. The Bertz CT molecular complexity index is 3280. The number of fused-ring (bicyclic) bond motifs is 10. The topological polar surface area (TPSA) is 208 Å². The summed E-state index contributed by atoms with van der Waals surface area (Å²) in [6.45, 7) is 12.8. The number of benzene rings is 2. The first-order chi connectivity index (χ1) is 34.7. The van der Waals surface area contributed by atoms with Crippen LogP contribution in [0.5, 0.6) is 11.5 Å². The van der Waals surface area contributed by atoms with Crippen molar-refractivity contribution in [1.82, 2.24) is 49.9 Å². The second-order valence-electron chi connectivity index (χ2n) is 22.1. The maximum Gasteiger partial charge on any atom is 0.410 e. The predicted octanol–water partition coefficient (Wildman–Crippen LogP) is 7.05. The molecule has 18 heteroatoms. The molecule has 8 heterocycles. The number of amides is 4. The van der Waals surface area contributed by atoms with Gasteiger partial charge in [-0.1, -0.05) is 24.3 Å². The number of aryl methyl sites for hydroxylation is 2. The minimum absolute atomic E-state index is 0.0764. The smallest absolute Gasteiger partial charge is 0.410 e. The Labute approximate surface area is 423 Å². The van der Waals surface area contributed by atoms with Gasteiger partial charge >= 0.3 is 12.2 Å². The molecule has 0 radical (unpaired) electrons. The third-order valence-corrected chi connectivity index (χ3v) is 14.4. The van der Waals surface area contributed by atoms with E-state index >= 15 is 0 Å². The highest BCUT2D eigenvalue weighted by Gasteiger charge is 2.53. The number of nitrogens with one attached hydrogen (secondary N) is 3. The first-order valence-electron chi connectivity index (χ1n) is 24.8. The van der Waals surface area contributed by atoms with Gasteiger partial charge in [-0.05, 0) is 114 Å². The van der Waals surface area contributed by atoms with Crippen LogP contribution in [0.3, 0.4) is 0 Å². The molecule has 4 aliphatic heterocycles. The third kappa shape index (κ3) is 8.59. The van der Waals surface area contributed by atoms with Gasteiger partial charge in [0.1, 0.15) is 22.7 Å². The lowest BCUT2D eigenvalue weighted by Gasteiger charge is -2.51. The van der Waals surface area contributed by atoms with Gasteiger partial charge in [-0.25, -0.2) is 29.5 Å². The zero-order valence-electron chi connectivity index (χ0n) is 42.7. The quantitative estimate of drug-likeness (QED) is 0.162. The molecule has 3 N–H and O–H groups in total. The maximum atomic E-state index is 13.4. The fourth-order valence-electron chi connectivity index (χ4n) is 11.2. The number of aromatic nitrogens is 6. The van der Waals surface area contributed by atoms with Crippen LogP contribution in [0.15, 0.2) is 60.9 Å². The molecule has 4 aromatic heterocycles. The van der Waals surface area contributed by atoms with Crippen molar-refractivity contribution in [3.05, 3.63) is 106 Å². The number of H-pyrrole nitrogens is 1. The third-order valence-electron chi connectivity index (χ3n) is 14.4. The van der Waals surface area contributed by atoms with Crippen molar-refractivity contribution >= 4 is 24.0 Å². The number of nitrogens with zero attached hydrogens (tertiary/aromatic N) is 7. The van der Waals surface area contributed by atoms with E-state index in [0.717, 1.165) is 116 Å². The van der Waals surface area contributed by atoms with Crippen molar-refractivity contribution in [3.63, 3.8) is 0 Å². The fraction of sp³-hybridized carbons (Fsp3) is 0.418. The second-order valence-corrected chi connectivity index (χ2v) is 22.1. The molecule has 6 aliphatic rings. The molecule has 4 amide bonds. The number of likely N-dealkylation sites (tertiary alicyclic amines) is 2. The lowest BCUT2D eigenvalue weighted by atomic mass is 9.80. The molecule has 2 aliphatic carbocycles. The molecule has 0 unspecified atom stereocenters. The molecular weight excluding hydrogens is 929 g/mol.